The molecule has 0 aliphatic heterocycles. The van der Waals surface area contributed by atoms with E-state index < -0.39 is 23.5 Å². The van der Waals surface area contributed by atoms with Gasteiger partial charge in [-0.25, -0.2) is 22.9 Å². The van der Waals surface area contributed by atoms with Crippen LogP contribution in [0.1, 0.15) is 12.5 Å². The van der Waals surface area contributed by atoms with Crippen molar-refractivity contribution in [1.82, 2.24) is 25.0 Å². The van der Waals surface area contributed by atoms with Crippen molar-refractivity contribution in [3.63, 3.8) is 0 Å². The number of hydrogen-bond donors (Lipinski definition) is 1. The zero-order chi connectivity index (χ0) is 17.0. The molecule has 1 aromatic heterocycles. The molecule has 124 valence electrons. The molecule has 0 fully saturated rings. The van der Waals surface area contributed by atoms with Gasteiger partial charge in [0, 0.05) is 19.6 Å². The smallest absolute Gasteiger partial charge is 0.317 e. The number of hydrogen-bond acceptors (Lipinski definition) is 3. The molecule has 6 nitrogen and oxygen atoms in total. The summed E-state index contributed by atoms with van der Waals surface area (Å²) in [6, 6.07) is 1.07. The lowest BCUT2D eigenvalue weighted by Crippen LogP contribution is -2.43. The lowest BCUT2D eigenvalue weighted by Gasteiger charge is -2.21. The summed E-state index contributed by atoms with van der Waals surface area (Å²) in [6.07, 6.45) is 2.91. The van der Waals surface area contributed by atoms with Crippen LogP contribution < -0.4 is 5.32 Å². The molecular weight excluding hydrogens is 311 g/mol. The van der Waals surface area contributed by atoms with E-state index in [1.54, 1.807) is 11.6 Å². The number of urea groups is 1. The molecule has 2 amide bonds. The van der Waals surface area contributed by atoms with E-state index in [0.29, 0.717) is 6.54 Å². The van der Waals surface area contributed by atoms with Gasteiger partial charge in [0.2, 0.25) is 0 Å². The van der Waals surface area contributed by atoms with Gasteiger partial charge in [0.25, 0.3) is 0 Å². The highest BCUT2D eigenvalue weighted by atomic mass is 19.2. The second-order valence-electron chi connectivity index (χ2n) is 5.20. The zero-order valence-corrected chi connectivity index (χ0v) is 12.6. The predicted molar refractivity (Wildman–Crippen MR) is 75.8 cm³/mol. The first-order chi connectivity index (χ1) is 10.9. The summed E-state index contributed by atoms with van der Waals surface area (Å²) in [5.74, 6) is -4.09. The van der Waals surface area contributed by atoms with Gasteiger partial charge in [0.05, 0.1) is 6.54 Å². The molecule has 1 heterocycles. The molecule has 0 aliphatic carbocycles. The van der Waals surface area contributed by atoms with Crippen molar-refractivity contribution in [3.8, 4) is 0 Å². The van der Waals surface area contributed by atoms with E-state index in [1.807, 2.05) is 0 Å². The molecule has 2 rings (SSSR count). The van der Waals surface area contributed by atoms with Gasteiger partial charge in [-0.1, -0.05) is 0 Å². The van der Waals surface area contributed by atoms with E-state index >= 15 is 0 Å². The molecule has 1 aromatic carbocycles. The quantitative estimate of drug-likeness (QED) is 0.854. The highest BCUT2D eigenvalue weighted by Crippen LogP contribution is 2.14. The molecule has 0 saturated carbocycles. The van der Waals surface area contributed by atoms with E-state index in [-0.39, 0.29) is 18.2 Å². The molecule has 0 aliphatic rings. The van der Waals surface area contributed by atoms with E-state index in [9.17, 15) is 18.0 Å². The van der Waals surface area contributed by atoms with Crippen LogP contribution in [0.25, 0.3) is 0 Å². The molecular formula is C14H16F3N5O. The lowest BCUT2D eigenvalue weighted by atomic mass is 10.2. The summed E-state index contributed by atoms with van der Waals surface area (Å²) in [5, 5.41) is 6.64. The predicted octanol–water partition coefficient (Wildman–Crippen LogP) is 1.93. The topological polar surface area (TPSA) is 63.1 Å². The maximum atomic E-state index is 13.2. The van der Waals surface area contributed by atoms with Crippen molar-refractivity contribution in [3.05, 3.63) is 47.8 Å². The normalized spacial score (nSPS) is 12.0. The van der Waals surface area contributed by atoms with Crippen LogP contribution in [0, 0.1) is 17.5 Å². The van der Waals surface area contributed by atoms with E-state index in [1.165, 1.54) is 24.6 Å². The number of carbonyl (C=O) groups excluding carboxylic acids is 1. The van der Waals surface area contributed by atoms with Gasteiger partial charge < -0.3 is 10.2 Å². The Morgan fingerprint density at radius 3 is 2.57 bits per heavy atom. The van der Waals surface area contributed by atoms with Crippen LogP contribution in [0.5, 0.6) is 0 Å². The summed E-state index contributed by atoms with van der Waals surface area (Å²) >= 11 is 0. The SMILES string of the molecule is CC(Cn1cncn1)NC(=O)N(C)Cc1cc(F)c(F)c(F)c1. The van der Waals surface area contributed by atoms with Crippen LogP contribution in [0.4, 0.5) is 18.0 Å². The van der Waals surface area contributed by atoms with Crippen LogP contribution in [0.3, 0.4) is 0 Å². The lowest BCUT2D eigenvalue weighted by molar-refractivity contribution is 0.201. The minimum Gasteiger partial charge on any atom is -0.334 e. The molecule has 1 N–H and O–H groups in total. The third-order valence-electron chi connectivity index (χ3n) is 3.11. The average Bonchev–Trinajstić information content (AvgIpc) is 2.97. The Morgan fingerprint density at radius 1 is 1.35 bits per heavy atom. The number of carbonyl (C=O) groups is 1. The number of aromatic nitrogens is 3. The summed E-state index contributed by atoms with van der Waals surface area (Å²) < 4.78 is 40.8. The largest absolute Gasteiger partial charge is 0.334 e. The molecule has 1 unspecified atom stereocenters. The summed E-state index contributed by atoms with van der Waals surface area (Å²) in [7, 11) is 1.47. The minimum absolute atomic E-state index is 0.0595. The highest BCUT2D eigenvalue weighted by molar-refractivity contribution is 5.74. The Kier molecular flexibility index (Phi) is 5.20. The number of nitrogens with one attached hydrogen (secondary N) is 1. The van der Waals surface area contributed by atoms with Crippen molar-refractivity contribution in [1.29, 1.82) is 0 Å². The van der Waals surface area contributed by atoms with Crippen molar-refractivity contribution in [2.24, 2.45) is 0 Å². The summed E-state index contributed by atoms with van der Waals surface area (Å²) in [5.41, 5.74) is 0.156. The highest BCUT2D eigenvalue weighted by Gasteiger charge is 2.16. The van der Waals surface area contributed by atoms with Crippen molar-refractivity contribution >= 4 is 6.03 Å². The van der Waals surface area contributed by atoms with Crippen LogP contribution in [-0.4, -0.2) is 38.8 Å². The standard InChI is InChI=1S/C14H16F3N5O/c1-9(5-22-8-18-7-19-22)20-14(23)21(2)6-10-3-11(15)13(17)12(16)4-10/h3-4,7-9H,5-6H2,1-2H3,(H,20,23). The molecule has 1 atom stereocenters. The minimum atomic E-state index is -1.53. The Hall–Kier alpha value is -2.58. The van der Waals surface area contributed by atoms with E-state index in [2.05, 4.69) is 15.4 Å². The first-order valence-electron chi connectivity index (χ1n) is 6.84. The third kappa shape index (κ3) is 4.44. The molecule has 0 spiro atoms. The van der Waals surface area contributed by atoms with Crippen LogP contribution in [0.2, 0.25) is 0 Å². The molecule has 0 radical (unpaired) electrons. The Balaban J connectivity index is 1.92. The summed E-state index contributed by atoms with van der Waals surface area (Å²) in [4.78, 5) is 17.1. The first-order valence-corrected chi connectivity index (χ1v) is 6.84. The van der Waals surface area contributed by atoms with Gasteiger partial charge in [0.1, 0.15) is 12.7 Å². The molecule has 2 aromatic rings. The van der Waals surface area contributed by atoms with Crippen LogP contribution in [-0.2, 0) is 13.1 Å². The second-order valence-corrected chi connectivity index (χ2v) is 5.20. The molecule has 9 heteroatoms. The number of rotatable bonds is 5. The molecule has 0 saturated heterocycles. The van der Waals surface area contributed by atoms with Crippen molar-refractivity contribution < 1.29 is 18.0 Å². The van der Waals surface area contributed by atoms with Gasteiger partial charge in [-0.2, -0.15) is 5.10 Å². The monoisotopic (exact) mass is 327 g/mol. The van der Waals surface area contributed by atoms with Crippen molar-refractivity contribution in [2.75, 3.05) is 7.05 Å². The van der Waals surface area contributed by atoms with E-state index in [0.717, 1.165) is 12.1 Å². The zero-order valence-electron chi connectivity index (χ0n) is 12.6. The average molecular weight is 327 g/mol. The van der Waals surface area contributed by atoms with Crippen LogP contribution in [0.15, 0.2) is 24.8 Å². The Labute approximate surface area is 130 Å². The number of nitrogens with zero attached hydrogens (tertiary/aromatic N) is 4. The van der Waals surface area contributed by atoms with Crippen LogP contribution >= 0.6 is 0 Å². The third-order valence-corrected chi connectivity index (χ3v) is 3.11. The second kappa shape index (κ2) is 7.12. The van der Waals surface area contributed by atoms with Gasteiger partial charge in [0.15, 0.2) is 17.5 Å². The van der Waals surface area contributed by atoms with Gasteiger partial charge in [-0.05, 0) is 24.6 Å². The van der Waals surface area contributed by atoms with Crippen molar-refractivity contribution in [2.45, 2.75) is 26.1 Å². The maximum absolute atomic E-state index is 13.2. The maximum Gasteiger partial charge on any atom is 0.317 e. The fourth-order valence-corrected chi connectivity index (χ4v) is 2.02. The van der Waals surface area contributed by atoms with Gasteiger partial charge >= 0.3 is 6.03 Å². The Bertz CT molecular complexity index is 654. The fourth-order valence-electron chi connectivity index (χ4n) is 2.02. The van der Waals surface area contributed by atoms with E-state index in [4.69, 9.17) is 0 Å². The number of benzene rings is 1. The number of halogens is 3. The van der Waals surface area contributed by atoms with Gasteiger partial charge in [-0.15, -0.1) is 0 Å². The Morgan fingerprint density at radius 2 is 2.00 bits per heavy atom. The summed E-state index contributed by atoms with van der Waals surface area (Å²) in [6.45, 7) is 2.15. The fraction of sp³-hybridized carbons (Fsp3) is 0.357. The molecule has 0 bridgehead atoms. The molecule has 23 heavy (non-hydrogen) atoms. The first kappa shape index (κ1) is 16.8. The van der Waals surface area contributed by atoms with Gasteiger partial charge in [-0.3, -0.25) is 4.68 Å². The number of amides is 2.